The minimum Gasteiger partial charge on any atom is -0.477 e. The normalized spacial score (nSPS) is 12.0. The van der Waals surface area contributed by atoms with Gasteiger partial charge >= 0.3 is 0 Å². The highest BCUT2D eigenvalue weighted by atomic mass is 16.5. The predicted octanol–water partition coefficient (Wildman–Crippen LogP) is 1.60. The molecule has 1 aliphatic heterocycles. The highest BCUT2D eigenvalue weighted by molar-refractivity contribution is 5.69. The van der Waals surface area contributed by atoms with E-state index >= 15 is 0 Å². The van der Waals surface area contributed by atoms with Crippen LogP contribution >= 0.6 is 0 Å². The Balaban J connectivity index is 0.000000225. The standard InChI is InChI=1S/C15H22N4O2.C5H6N4O/c1-4-12-9-14(18-19(12)6-7-20-3)13-8-11(16)10-17-15(13)21-5-2;10-5-4-3(8-9-5)1-6-2-7-4/h8-10H,4-7,16H2,1-3H3;2H,1H2,(H,6,7)(H2,8,9,10). The Morgan fingerprint density at radius 1 is 1.26 bits per heavy atom. The number of fused-ring (bicyclic) bond motifs is 1. The first-order chi connectivity index (χ1) is 15.1. The molecule has 0 saturated heterocycles. The van der Waals surface area contributed by atoms with Crippen LogP contribution in [0.25, 0.3) is 11.3 Å². The van der Waals surface area contributed by atoms with Gasteiger partial charge in [0.2, 0.25) is 5.88 Å². The molecule has 0 aliphatic carbocycles. The topological polar surface area (TPSA) is 148 Å². The van der Waals surface area contributed by atoms with Gasteiger partial charge in [-0.15, -0.1) is 0 Å². The minimum absolute atomic E-state index is 0.159. The van der Waals surface area contributed by atoms with Gasteiger partial charge in [0.15, 0.2) is 5.69 Å². The van der Waals surface area contributed by atoms with Crippen molar-refractivity contribution in [2.24, 2.45) is 4.99 Å². The Labute approximate surface area is 179 Å². The summed E-state index contributed by atoms with van der Waals surface area (Å²) in [4.78, 5) is 18.9. The van der Waals surface area contributed by atoms with Crippen molar-refractivity contribution in [1.29, 1.82) is 0 Å². The minimum atomic E-state index is -0.159. The number of rotatable bonds is 7. The van der Waals surface area contributed by atoms with Crippen molar-refractivity contribution in [3.63, 3.8) is 0 Å². The zero-order valence-electron chi connectivity index (χ0n) is 17.9. The molecule has 5 N–H and O–H groups in total. The third kappa shape index (κ3) is 5.31. The summed E-state index contributed by atoms with van der Waals surface area (Å²) >= 11 is 0. The Kier molecular flexibility index (Phi) is 7.44. The fourth-order valence-electron chi connectivity index (χ4n) is 3.06. The molecule has 0 spiro atoms. The lowest BCUT2D eigenvalue weighted by Crippen LogP contribution is -2.15. The lowest BCUT2D eigenvalue weighted by Gasteiger charge is -2.07. The molecular formula is C20H28N8O3. The molecule has 3 aromatic heterocycles. The van der Waals surface area contributed by atoms with E-state index in [-0.39, 0.29) is 5.56 Å². The highest BCUT2D eigenvalue weighted by Gasteiger charge is 2.14. The second kappa shape index (κ2) is 10.4. The molecule has 31 heavy (non-hydrogen) atoms. The van der Waals surface area contributed by atoms with Crippen molar-refractivity contribution >= 4 is 17.7 Å². The number of nitrogens with two attached hydrogens (primary N) is 1. The quantitative estimate of drug-likeness (QED) is 0.447. The highest BCUT2D eigenvalue weighted by Crippen LogP contribution is 2.29. The molecule has 4 rings (SSSR count). The van der Waals surface area contributed by atoms with Crippen molar-refractivity contribution in [1.82, 2.24) is 30.3 Å². The van der Waals surface area contributed by atoms with Crippen LogP contribution < -0.4 is 21.3 Å². The number of ether oxygens (including phenoxy) is 2. The smallest absolute Gasteiger partial charge is 0.290 e. The molecule has 0 bridgehead atoms. The van der Waals surface area contributed by atoms with E-state index in [9.17, 15) is 4.79 Å². The van der Waals surface area contributed by atoms with Crippen LogP contribution in [0.3, 0.4) is 0 Å². The van der Waals surface area contributed by atoms with E-state index in [4.69, 9.17) is 15.2 Å². The van der Waals surface area contributed by atoms with Crippen LogP contribution in [0.15, 0.2) is 28.1 Å². The monoisotopic (exact) mass is 428 g/mol. The fourth-order valence-corrected chi connectivity index (χ4v) is 3.06. The van der Waals surface area contributed by atoms with Gasteiger partial charge in [0, 0.05) is 12.8 Å². The van der Waals surface area contributed by atoms with Crippen LogP contribution in [0.5, 0.6) is 5.88 Å². The molecule has 3 aromatic rings. The SMILES string of the molecule is CCOc1ncc(N)cc1-c1cc(CC)n(CCOC)n1.O=c1[nH][nH]c2c1N=CNC2. The summed E-state index contributed by atoms with van der Waals surface area (Å²) in [5.41, 5.74) is 10.4. The largest absolute Gasteiger partial charge is 0.477 e. The third-order valence-electron chi connectivity index (χ3n) is 4.55. The number of pyridine rings is 1. The number of aromatic nitrogens is 5. The number of methoxy groups -OCH3 is 1. The van der Waals surface area contributed by atoms with E-state index < -0.39 is 0 Å². The molecule has 0 amide bonds. The zero-order valence-corrected chi connectivity index (χ0v) is 17.9. The van der Waals surface area contributed by atoms with Gasteiger partial charge in [0.1, 0.15) is 0 Å². The first kappa shape index (κ1) is 22.1. The van der Waals surface area contributed by atoms with Gasteiger partial charge < -0.3 is 20.5 Å². The number of hydrogen-bond acceptors (Lipinski definition) is 8. The van der Waals surface area contributed by atoms with Crippen LogP contribution in [0.1, 0.15) is 25.2 Å². The number of nitrogens with one attached hydrogen (secondary N) is 3. The number of nitrogen functional groups attached to an aromatic ring is 1. The van der Waals surface area contributed by atoms with Crippen LogP contribution in [0, 0.1) is 0 Å². The number of aliphatic imine (C=N–C) groups is 1. The van der Waals surface area contributed by atoms with E-state index in [1.807, 2.05) is 17.7 Å². The Morgan fingerprint density at radius 3 is 2.81 bits per heavy atom. The molecule has 1 aliphatic rings. The van der Waals surface area contributed by atoms with E-state index in [1.54, 1.807) is 13.3 Å². The Hall–Kier alpha value is -3.60. The first-order valence-electron chi connectivity index (χ1n) is 10.1. The maximum atomic E-state index is 10.8. The van der Waals surface area contributed by atoms with Crippen LogP contribution in [-0.2, 0) is 24.2 Å². The second-order valence-electron chi connectivity index (χ2n) is 6.69. The third-order valence-corrected chi connectivity index (χ3v) is 4.55. The van der Waals surface area contributed by atoms with E-state index in [2.05, 4.69) is 43.6 Å². The summed E-state index contributed by atoms with van der Waals surface area (Å²) in [6.07, 6.45) is 4.01. The lowest BCUT2D eigenvalue weighted by atomic mass is 10.1. The van der Waals surface area contributed by atoms with E-state index in [0.29, 0.717) is 37.0 Å². The van der Waals surface area contributed by atoms with Gasteiger partial charge in [-0.1, -0.05) is 6.92 Å². The van der Waals surface area contributed by atoms with Crippen molar-refractivity contribution in [2.45, 2.75) is 33.4 Å². The number of hydrogen-bond donors (Lipinski definition) is 4. The zero-order chi connectivity index (χ0) is 22.2. The number of H-pyrrole nitrogens is 2. The average molecular weight is 428 g/mol. The van der Waals surface area contributed by atoms with Gasteiger partial charge in [0.25, 0.3) is 5.56 Å². The van der Waals surface area contributed by atoms with E-state index in [0.717, 1.165) is 35.6 Å². The average Bonchev–Trinajstić information content (AvgIpc) is 3.38. The lowest BCUT2D eigenvalue weighted by molar-refractivity contribution is 0.182. The van der Waals surface area contributed by atoms with Gasteiger partial charge in [-0.05, 0) is 25.5 Å². The maximum absolute atomic E-state index is 10.8. The van der Waals surface area contributed by atoms with Gasteiger partial charge in [-0.3, -0.25) is 19.7 Å². The number of aryl methyl sites for hydroxylation is 1. The summed E-state index contributed by atoms with van der Waals surface area (Å²) in [6, 6.07) is 3.90. The van der Waals surface area contributed by atoms with Gasteiger partial charge in [-0.2, -0.15) is 5.10 Å². The molecule has 0 saturated carbocycles. The summed E-state index contributed by atoms with van der Waals surface area (Å²) < 4.78 is 12.6. The molecule has 0 unspecified atom stereocenters. The first-order valence-corrected chi connectivity index (χ1v) is 10.1. The molecule has 11 heteroatoms. The van der Waals surface area contributed by atoms with Gasteiger partial charge in [0.05, 0.1) is 61.5 Å². The van der Waals surface area contributed by atoms with Crippen molar-refractivity contribution in [2.75, 3.05) is 26.1 Å². The molecule has 166 valence electrons. The van der Waals surface area contributed by atoms with Crippen molar-refractivity contribution < 1.29 is 9.47 Å². The molecule has 4 heterocycles. The molecule has 11 nitrogen and oxygen atoms in total. The van der Waals surface area contributed by atoms with Gasteiger partial charge in [-0.25, -0.2) is 9.98 Å². The molecule has 0 aromatic carbocycles. The summed E-state index contributed by atoms with van der Waals surface area (Å²) in [5, 5.41) is 12.7. The molecule has 0 fully saturated rings. The fraction of sp³-hybridized carbons (Fsp3) is 0.400. The van der Waals surface area contributed by atoms with E-state index in [1.165, 1.54) is 6.34 Å². The number of nitrogens with zero attached hydrogens (tertiary/aromatic N) is 4. The summed E-state index contributed by atoms with van der Waals surface area (Å²) in [7, 11) is 1.69. The van der Waals surface area contributed by atoms with Crippen molar-refractivity contribution in [3.05, 3.63) is 40.1 Å². The van der Waals surface area contributed by atoms with Crippen LogP contribution in [-0.4, -0.2) is 51.6 Å². The summed E-state index contributed by atoms with van der Waals surface area (Å²) in [5.74, 6) is 0.561. The Morgan fingerprint density at radius 2 is 2.10 bits per heavy atom. The van der Waals surface area contributed by atoms with Crippen LogP contribution in [0.4, 0.5) is 11.4 Å². The second-order valence-corrected chi connectivity index (χ2v) is 6.69. The van der Waals surface area contributed by atoms with Crippen molar-refractivity contribution in [3.8, 4) is 17.1 Å². The molecule has 0 atom stereocenters. The maximum Gasteiger partial charge on any atom is 0.290 e. The molecular weight excluding hydrogens is 400 g/mol. The Bertz CT molecular complexity index is 1080. The number of aromatic amines is 2. The summed E-state index contributed by atoms with van der Waals surface area (Å²) in [6.45, 7) is 6.56. The van der Waals surface area contributed by atoms with Crippen LogP contribution in [0.2, 0.25) is 0 Å². The number of anilines is 1. The predicted molar refractivity (Wildman–Crippen MR) is 119 cm³/mol. The molecule has 0 radical (unpaired) electrons.